The number of anilines is 1. The van der Waals surface area contributed by atoms with Crippen LogP contribution < -0.4 is 9.47 Å². The Morgan fingerprint density at radius 2 is 1.97 bits per heavy atom. The van der Waals surface area contributed by atoms with Gasteiger partial charge >= 0.3 is 16.7 Å². The molecule has 4 rings (SSSR count). The number of benzene rings is 2. The number of carboxylic acid groups (broad SMARTS) is 1. The SMILES string of the molecule is CCN(C#N)c1ccc(N=Nc2sc3nc4ccc(C(=O)O)cc4nc3[n+]2C)cc1. The highest BCUT2D eigenvalue weighted by Gasteiger charge is 2.20. The van der Waals surface area contributed by atoms with Crippen molar-refractivity contribution in [2.24, 2.45) is 17.3 Å². The molecule has 4 aromatic rings. The van der Waals surface area contributed by atoms with Crippen LogP contribution in [-0.4, -0.2) is 27.6 Å². The Balaban J connectivity index is 1.67. The van der Waals surface area contributed by atoms with E-state index in [0.29, 0.717) is 38.9 Å². The molecule has 0 aliphatic rings. The predicted molar refractivity (Wildman–Crippen MR) is 112 cm³/mol. The third kappa shape index (κ3) is 3.54. The van der Waals surface area contributed by atoms with E-state index in [0.717, 1.165) is 5.69 Å². The summed E-state index contributed by atoms with van der Waals surface area (Å²) in [5, 5.41) is 27.5. The molecule has 9 nitrogen and oxygen atoms in total. The molecule has 0 radical (unpaired) electrons. The zero-order valence-electron chi connectivity index (χ0n) is 16.1. The molecule has 2 aromatic heterocycles. The quantitative estimate of drug-likeness (QED) is 0.226. The fourth-order valence-corrected chi connectivity index (χ4v) is 3.79. The summed E-state index contributed by atoms with van der Waals surface area (Å²) in [5.74, 6) is -1.01. The number of hydrogen-bond acceptors (Lipinski definition) is 8. The Morgan fingerprint density at radius 1 is 1.20 bits per heavy atom. The van der Waals surface area contributed by atoms with Crippen LogP contribution in [0.1, 0.15) is 17.3 Å². The summed E-state index contributed by atoms with van der Waals surface area (Å²) in [5.41, 5.74) is 3.34. The minimum absolute atomic E-state index is 0.162. The molecule has 0 aliphatic carbocycles. The number of azo groups is 1. The predicted octanol–water partition coefficient (Wildman–Crippen LogP) is 4.09. The van der Waals surface area contributed by atoms with Crippen LogP contribution in [0.25, 0.3) is 21.5 Å². The van der Waals surface area contributed by atoms with Crippen LogP contribution in [0.2, 0.25) is 0 Å². The van der Waals surface area contributed by atoms with Crippen LogP contribution in [0.4, 0.5) is 16.5 Å². The van der Waals surface area contributed by atoms with Crippen molar-refractivity contribution in [1.29, 1.82) is 5.26 Å². The number of thiazole rings is 1. The molecular weight excluding hydrogens is 402 g/mol. The highest BCUT2D eigenvalue weighted by molar-refractivity contribution is 7.20. The van der Waals surface area contributed by atoms with Gasteiger partial charge in [0.15, 0.2) is 16.5 Å². The maximum Gasteiger partial charge on any atom is 0.347 e. The van der Waals surface area contributed by atoms with Gasteiger partial charge in [-0.1, -0.05) is 10.1 Å². The number of aromatic nitrogens is 3. The van der Waals surface area contributed by atoms with E-state index in [1.807, 2.05) is 26.1 Å². The van der Waals surface area contributed by atoms with E-state index in [2.05, 4.69) is 26.4 Å². The van der Waals surface area contributed by atoms with Crippen molar-refractivity contribution < 1.29 is 14.5 Å². The van der Waals surface area contributed by atoms with Crippen LogP contribution in [0.15, 0.2) is 52.7 Å². The molecule has 30 heavy (non-hydrogen) atoms. The normalized spacial score (nSPS) is 11.2. The van der Waals surface area contributed by atoms with E-state index in [9.17, 15) is 9.90 Å². The smallest absolute Gasteiger partial charge is 0.347 e. The lowest BCUT2D eigenvalue weighted by atomic mass is 10.2. The molecule has 10 heteroatoms. The minimum Gasteiger partial charge on any atom is -0.478 e. The first-order chi connectivity index (χ1) is 14.5. The number of carboxylic acids is 1. The molecule has 0 saturated heterocycles. The third-order valence-corrected chi connectivity index (χ3v) is 5.51. The van der Waals surface area contributed by atoms with Crippen LogP contribution >= 0.6 is 11.3 Å². The van der Waals surface area contributed by atoms with Gasteiger partial charge in [-0.2, -0.15) is 5.26 Å². The van der Waals surface area contributed by atoms with Crippen LogP contribution in [0.3, 0.4) is 0 Å². The van der Waals surface area contributed by atoms with Crippen molar-refractivity contribution in [3.8, 4) is 6.19 Å². The number of rotatable bonds is 5. The standard InChI is InChI=1S/C20H15N7O2S/c1-3-27(11-21)14-7-5-13(6-8-14)24-25-20-26(2)17-18(30-20)23-15-9-4-12(19(28)29)10-16(15)22-17/h4-10H,3H2,1-2H3/p+1. The Labute approximate surface area is 175 Å². The molecule has 0 aliphatic heterocycles. The van der Waals surface area contributed by atoms with E-state index in [4.69, 9.17) is 5.26 Å². The first kappa shape index (κ1) is 19.4. The van der Waals surface area contributed by atoms with E-state index in [1.54, 1.807) is 27.7 Å². The molecular formula is C20H16N7O2S+. The molecule has 0 saturated carbocycles. The molecule has 1 N–H and O–H groups in total. The van der Waals surface area contributed by atoms with Gasteiger partial charge in [0.1, 0.15) is 11.2 Å². The van der Waals surface area contributed by atoms with Gasteiger partial charge in [0.2, 0.25) is 0 Å². The Bertz CT molecular complexity index is 1340. The average molecular weight is 418 g/mol. The second-order valence-corrected chi connectivity index (χ2v) is 7.32. The second-order valence-electron chi connectivity index (χ2n) is 6.37. The van der Waals surface area contributed by atoms with Crippen LogP contribution in [-0.2, 0) is 7.05 Å². The summed E-state index contributed by atoms with van der Waals surface area (Å²) in [6.45, 7) is 2.50. The van der Waals surface area contributed by atoms with E-state index in [-0.39, 0.29) is 5.56 Å². The van der Waals surface area contributed by atoms with Gasteiger partial charge in [0, 0.05) is 11.7 Å². The lowest BCUT2D eigenvalue weighted by Crippen LogP contribution is -2.26. The van der Waals surface area contributed by atoms with E-state index in [1.165, 1.54) is 23.5 Å². The second kappa shape index (κ2) is 7.81. The van der Waals surface area contributed by atoms with Gasteiger partial charge in [-0.3, -0.25) is 4.90 Å². The van der Waals surface area contributed by atoms with E-state index < -0.39 is 5.97 Å². The van der Waals surface area contributed by atoms with Gasteiger partial charge in [-0.05, 0) is 60.7 Å². The first-order valence-electron chi connectivity index (χ1n) is 9.03. The summed E-state index contributed by atoms with van der Waals surface area (Å²) < 4.78 is 1.77. The fourth-order valence-electron chi connectivity index (χ4n) is 2.89. The maximum absolute atomic E-state index is 11.2. The fraction of sp³-hybridized carbons (Fsp3) is 0.150. The monoisotopic (exact) mass is 418 g/mol. The molecule has 0 atom stereocenters. The zero-order chi connectivity index (χ0) is 21.3. The number of hydrogen-bond donors (Lipinski definition) is 1. The Hall–Kier alpha value is -3.97. The van der Waals surface area contributed by atoms with Crippen LogP contribution in [0, 0.1) is 11.5 Å². The molecule has 0 amide bonds. The lowest BCUT2D eigenvalue weighted by molar-refractivity contribution is -0.629. The average Bonchev–Trinajstić information content (AvgIpc) is 3.06. The Morgan fingerprint density at radius 3 is 2.63 bits per heavy atom. The molecule has 2 aromatic carbocycles. The lowest BCUT2D eigenvalue weighted by Gasteiger charge is -2.11. The number of aromatic carboxylic acids is 1. The third-order valence-electron chi connectivity index (χ3n) is 4.50. The zero-order valence-corrected chi connectivity index (χ0v) is 17.0. The van der Waals surface area contributed by atoms with E-state index >= 15 is 0 Å². The highest BCUT2D eigenvalue weighted by Crippen LogP contribution is 2.27. The van der Waals surface area contributed by atoms with Crippen molar-refractivity contribution in [1.82, 2.24) is 9.97 Å². The summed E-state index contributed by atoms with van der Waals surface area (Å²) in [6.07, 6.45) is 2.12. The topological polar surface area (TPSA) is 119 Å². The summed E-state index contributed by atoms with van der Waals surface area (Å²) in [6, 6.07) is 11.9. The van der Waals surface area contributed by atoms with Crippen molar-refractivity contribution in [3.05, 3.63) is 48.0 Å². The number of aryl methyl sites for hydroxylation is 1. The number of fused-ring (bicyclic) bond motifs is 2. The first-order valence-corrected chi connectivity index (χ1v) is 9.84. The Kier molecular flexibility index (Phi) is 5.04. The molecule has 0 unspecified atom stereocenters. The largest absolute Gasteiger partial charge is 0.478 e. The van der Waals surface area contributed by atoms with Gasteiger partial charge in [-0.25, -0.2) is 14.3 Å². The highest BCUT2D eigenvalue weighted by atomic mass is 32.1. The van der Waals surface area contributed by atoms with Crippen LogP contribution in [0.5, 0.6) is 0 Å². The summed E-state index contributed by atoms with van der Waals surface area (Å²) >= 11 is 1.35. The molecule has 2 heterocycles. The maximum atomic E-state index is 11.2. The number of nitrogens with zero attached hydrogens (tertiary/aromatic N) is 7. The summed E-state index contributed by atoms with van der Waals surface area (Å²) in [7, 11) is 1.81. The van der Waals surface area contributed by atoms with Crippen molar-refractivity contribution in [2.75, 3.05) is 11.4 Å². The number of carbonyl (C=O) groups is 1. The molecule has 0 fully saturated rings. The molecule has 0 bridgehead atoms. The van der Waals surface area contributed by atoms with Crippen molar-refractivity contribution in [2.45, 2.75) is 6.92 Å². The minimum atomic E-state index is -1.01. The van der Waals surface area contributed by atoms with Gasteiger partial charge < -0.3 is 5.11 Å². The van der Waals surface area contributed by atoms with Crippen molar-refractivity contribution in [3.63, 3.8) is 0 Å². The number of nitriles is 1. The van der Waals surface area contributed by atoms with Gasteiger partial charge in [-0.15, -0.1) is 0 Å². The molecule has 148 valence electrons. The van der Waals surface area contributed by atoms with Gasteiger partial charge in [0.05, 0.1) is 18.3 Å². The van der Waals surface area contributed by atoms with Crippen molar-refractivity contribution >= 4 is 55.3 Å². The van der Waals surface area contributed by atoms with Gasteiger partial charge in [0.25, 0.3) is 0 Å². The summed E-state index contributed by atoms with van der Waals surface area (Å²) in [4.78, 5) is 22.6. The molecule has 0 spiro atoms.